The second-order valence-corrected chi connectivity index (χ2v) is 5.09. The molecule has 3 nitrogen and oxygen atoms in total. The van der Waals surface area contributed by atoms with E-state index in [0.29, 0.717) is 32.4 Å². The smallest absolute Gasteiger partial charge is 0.222 e. The average molecular weight is 265 g/mol. The summed E-state index contributed by atoms with van der Waals surface area (Å²) >= 11 is 0. The Morgan fingerprint density at radius 2 is 1.89 bits per heavy atom. The summed E-state index contributed by atoms with van der Waals surface area (Å²) in [5, 5.41) is 9.39. The molecule has 0 aromatic heterocycles. The van der Waals surface area contributed by atoms with Crippen molar-refractivity contribution in [2.45, 2.75) is 38.2 Å². The van der Waals surface area contributed by atoms with E-state index in [-0.39, 0.29) is 17.8 Å². The number of carbonyl (C=O) groups excluding carboxylic acids is 1. The fraction of sp³-hybridized carbons (Fsp3) is 0.533. The van der Waals surface area contributed by atoms with Gasteiger partial charge in [0.1, 0.15) is 5.82 Å². The molecule has 0 atom stereocenters. The van der Waals surface area contributed by atoms with Crippen LogP contribution in [0.1, 0.15) is 31.2 Å². The number of hydrogen-bond donors (Lipinski definition) is 1. The molecule has 0 spiro atoms. The fourth-order valence-electron chi connectivity index (χ4n) is 2.37. The van der Waals surface area contributed by atoms with Gasteiger partial charge in [-0.05, 0) is 43.4 Å². The molecule has 1 fully saturated rings. The molecule has 1 saturated heterocycles. The van der Waals surface area contributed by atoms with Crippen LogP contribution in [0, 0.1) is 5.82 Å². The van der Waals surface area contributed by atoms with E-state index in [1.807, 2.05) is 4.90 Å². The van der Waals surface area contributed by atoms with Gasteiger partial charge < -0.3 is 10.0 Å². The number of nitrogens with zero attached hydrogens (tertiary/aromatic N) is 1. The van der Waals surface area contributed by atoms with E-state index in [1.54, 1.807) is 12.1 Å². The summed E-state index contributed by atoms with van der Waals surface area (Å²) in [4.78, 5) is 13.8. The number of aliphatic hydroxyl groups is 1. The molecule has 104 valence electrons. The minimum atomic E-state index is -0.247. The van der Waals surface area contributed by atoms with Crippen molar-refractivity contribution in [3.05, 3.63) is 35.6 Å². The van der Waals surface area contributed by atoms with Crippen molar-refractivity contribution in [1.29, 1.82) is 0 Å². The highest BCUT2D eigenvalue weighted by atomic mass is 19.1. The van der Waals surface area contributed by atoms with E-state index < -0.39 is 0 Å². The van der Waals surface area contributed by atoms with Crippen LogP contribution in [0.4, 0.5) is 4.39 Å². The predicted molar refractivity (Wildman–Crippen MR) is 71.2 cm³/mol. The molecular formula is C15H20FNO2. The van der Waals surface area contributed by atoms with Crippen LogP contribution in [0.3, 0.4) is 0 Å². The zero-order valence-corrected chi connectivity index (χ0v) is 11.0. The minimum Gasteiger partial charge on any atom is -0.393 e. The van der Waals surface area contributed by atoms with E-state index in [4.69, 9.17) is 0 Å². The van der Waals surface area contributed by atoms with Gasteiger partial charge in [0.15, 0.2) is 0 Å². The van der Waals surface area contributed by atoms with Gasteiger partial charge in [0.25, 0.3) is 0 Å². The first-order chi connectivity index (χ1) is 9.15. The quantitative estimate of drug-likeness (QED) is 0.906. The Balaban J connectivity index is 1.70. The lowest BCUT2D eigenvalue weighted by Gasteiger charge is -2.29. The van der Waals surface area contributed by atoms with E-state index >= 15 is 0 Å². The number of hydrogen-bond acceptors (Lipinski definition) is 2. The molecule has 1 amide bonds. The van der Waals surface area contributed by atoms with Gasteiger partial charge in [0.05, 0.1) is 6.10 Å². The molecule has 4 heteroatoms. The number of likely N-dealkylation sites (tertiary alicyclic amines) is 1. The van der Waals surface area contributed by atoms with Crippen LogP contribution in [0.15, 0.2) is 24.3 Å². The third-order valence-corrected chi connectivity index (χ3v) is 3.59. The van der Waals surface area contributed by atoms with Crippen LogP contribution in [-0.2, 0) is 11.2 Å². The second-order valence-electron chi connectivity index (χ2n) is 5.09. The fourth-order valence-corrected chi connectivity index (χ4v) is 2.37. The molecular weight excluding hydrogens is 245 g/mol. The molecule has 1 aromatic carbocycles. The van der Waals surface area contributed by atoms with Crippen LogP contribution in [0.2, 0.25) is 0 Å². The van der Waals surface area contributed by atoms with Crippen LogP contribution >= 0.6 is 0 Å². The summed E-state index contributed by atoms with van der Waals surface area (Å²) in [7, 11) is 0. The summed E-state index contributed by atoms with van der Waals surface area (Å²) in [5.41, 5.74) is 1.06. The molecule has 19 heavy (non-hydrogen) atoms. The molecule has 0 saturated carbocycles. The Morgan fingerprint density at radius 3 is 2.53 bits per heavy atom. The van der Waals surface area contributed by atoms with Gasteiger partial charge in [-0.2, -0.15) is 0 Å². The second kappa shape index (κ2) is 6.66. The lowest BCUT2D eigenvalue weighted by atomic mass is 10.1. The molecule has 0 bridgehead atoms. The highest BCUT2D eigenvalue weighted by molar-refractivity contribution is 5.76. The normalized spacial score (nSPS) is 16.6. The highest BCUT2D eigenvalue weighted by Gasteiger charge is 2.20. The maximum absolute atomic E-state index is 12.7. The number of halogens is 1. The number of amides is 1. The first kappa shape index (κ1) is 14.0. The summed E-state index contributed by atoms with van der Waals surface area (Å²) < 4.78 is 12.7. The Bertz CT molecular complexity index is 411. The van der Waals surface area contributed by atoms with Crippen LogP contribution in [0.25, 0.3) is 0 Å². The molecule has 0 aliphatic carbocycles. The van der Waals surface area contributed by atoms with E-state index in [2.05, 4.69) is 0 Å². The largest absolute Gasteiger partial charge is 0.393 e. The Labute approximate surface area is 113 Å². The Kier molecular flexibility index (Phi) is 4.91. The molecule has 1 aliphatic heterocycles. The van der Waals surface area contributed by atoms with Gasteiger partial charge in [-0.15, -0.1) is 0 Å². The SMILES string of the molecule is O=C(CCCc1ccc(F)cc1)N1CCC(O)CC1. The van der Waals surface area contributed by atoms with Crippen molar-refractivity contribution in [2.75, 3.05) is 13.1 Å². The monoisotopic (exact) mass is 265 g/mol. The first-order valence-electron chi connectivity index (χ1n) is 6.85. The third-order valence-electron chi connectivity index (χ3n) is 3.59. The molecule has 0 radical (unpaired) electrons. The standard InChI is InChI=1S/C15H20FNO2/c16-13-6-4-12(5-7-13)2-1-3-15(19)17-10-8-14(18)9-11-17/h4-7,14,18H,1-3,8-11H2. The number of aliphatic hydroxyl groups excluding tert-OH is 1. The number of rotatable bonds is 4. The lowest BCUT2D eigenvalue weighted by molar-refractivity contribution is -0.133. The number of piperidine rings is 1. The lowest BCUT2D eigenvalue weighted by Crippen LogP contribution is -2.39. The van der Waals surface area contributed by atoms with E-state index in [0.717, 1.165) is 18.4 Å². The molecule has 0 unspecified atom stereocenters. The van der Waals surface area contributed by atoms with Crippen molar-refractivity contribution in [3.8, 4) is 0 Å². The van der Waals surface area contributed by atoms with Gasteiger partial charge in [0, 0.05) is 19.5 Å². The van der Waals surface area contributed by atoms with Gasteiger partial charge in [-0.25, -0.2) is 4.39 Å². The van der Waals surface area contributed by atoms with Crippen molar-refractivity contribution in [1.82, 2.24) is 4.90 Å². The maximum Gasteiger partial charge on any atom is 0.222 e. The van der Waals surface area contributed by atoms with E-state index in [9.17, 15) is 14.3 Å². The summed E-state index contributed by atoms with van der Waals surface area (Å²) in [6.07, 6.45) is 3.22. The Morgan fingerprint density at radius 1 is 1.26 bits per heavy atom. The zero-order valence-electron chi connectivity index (χ0n) is 11.0. The first-order valence-corrected chi connectivity index (χ1v) is 6.85. The summed E-state index contributed by atoms with van der Waals surface area (Å²) in [5.74, 6) is -0.0688. The highest BCUT2D eigenvalue weighted by Crippen LogP contribution is 2.13. The van der Waals surface area contributed by atoms with Gasteiger partial charge >= 0.3 is 0 Å². The van der Waals surface area contributed by atoms with Crippen LogP contribution in [-0.4, -0.2) is 35.1 Å². The summed E-state index contributed by atoms with van der Waals surface area (Å²) in [6, 6.07) is 6.42. The van der Waals surface area contributed by atoms with Gasteiger partial charge in [-0.3, -0.25) is 4.79 Å². The maximum atomic E-state index is 12.7. The van der Waals surface area contributed by atoms with Crippen molar-refractivity contribution < 1.29 is 14.3 Å². The van der Waals surface area contributed by atoms with Crippen molar-refractivity contribution >= 4 is 5.91 Å². The molecule has 1 aliphatic rings. The minimum absolute atomic E-state index is 0.161. The average Bonchev–Trinajstić information content (AvgIpc) is 2.41. The van der Waals surface area contributed by atoms with Crippen LogP contribution < -0.4 is 0 Å². The molecule has 2 rings (SSSR count). The third kappa shape index (κ3) is 4.31. The molecule has 1 N–H and O–H groups in total. The predicted octanol–water partition coefficient (Wildman–Crippen LogP) is 2.13. The van der Waals surface area contributed by atoms with Crippen molar-refractivity contribution in [3.63, 3.8) is 0 Å². The van der Waals surface area contributed by atoms with Crippen molar-refractivity contribution in [2.24, 2.45) is 0 Å². The van der Waals surface area contributed by atoms with Gasteiger partial charge in [-0.1, -0.05) is 12.1 Å². The zero-order chi connectivity index (χ0) is 13.7. The Hall–Kier alpha value is -1.42. The van der Waals surface area contributed by atoms with E-state index in [1.165, 1.54) is 12.1 Å². The van der Waals surface area contributed by atoms with Crippen LogP contribution in [0.5, 0.6) is 0 Å². The molecule has 1 aromatic rings. The van der Waals surface area contributed by atoms with Gasteiger partial charge in [0.2, 0.25) is 5.91 Å². The topological polar surface area (TPSA) is 40.5 Å². The molecule has 1 heterocycles. The number of carbonyl (C=O) groups is 1. The summed E-state index contributed by atoms with van der Waals surface area (Å²) in [6.45, 7) is 1.33. The number of benzene rings is 1. The number of aryl methyl sites for hydroxylation is 1.